The number of thiophene rings is 1. The smallest absolute Gasteiger partial charge is 0.271 e. The van der Waals surface area contributed by atoms with Crippen LogP contribution in [0.3, 0.4) is 0 Å². The van der Waals surface area contributed by atoms with Crippen molar-refractivity contribution < 1.29 is 17.9 Å². The zero-order chi connectivity index (χ0) is 15.0. The van der Waals surface area contributed by atoms with E-state index in [9.17, 15) is 13.2 Å². The highest BCUT2D eigenvalue weighted by atomic mass is 35.5. The number of amides is 1. The van der Waals surface area contributed by atoms with Crippen molar-refractivity contribution in [1.82, 2.24) is 0 Å². The SMILES string of the molecule is O=C1COc2cccc(NS(=O)(=O)c3ccc(Cl)s3)c2N1. The van der Waals surface area contributed by atoms with Gasteiger partial charge in [-0.3, -0.25) is 9.52 Å². The first kappa shape index (κ1) is 14.2. The minimum absolute atomic E-state index is 0.0909. The van der Waals surface area contributed by atoms with Crippen LogP contribution >= 0.6 is 22.9 Å². The van der Waals surface area contributed by atoms with Crippen LogP contribution in [0.15, 0.2) is 34.5 Å². The Morgan fingerprint density at radius 2 is 2.10 bits per heavy atom. The molecule has 1 aliphatic heterocycles. The van der Waals surface area contributed by atoms with E-state index in [1.54, 1.807) is 18.2 Å². The summed E-state index contributed by atoms with van der Waals surface area (Å²) in [6.07, 6.45) is 0. The third kappa shape index (κ3) is 2.82. The van der Waals surface area contributed by atoms with E-state index in [-0.39, 0.29) is 22.4 Å². The molecule has 6 nitrogen and oxygen atoms in total. The van der Waals surface area contributed by atoms with Gasteiger partial charge in [0.25, 0.3) is 15.9 Å². The predicted molar refractivity (Wildman–Crippen MR) is 80.7 cm³/mol. The molecule has 110 valence electrons. The number of rotatable bonds is 3. The molecule has 2 heterocycles. The molecule has 0 unspecified atom stereocenters. The van der Waals surface area contributed by atoms with Crippen LogP contribution in [0.1, 0.15) is 0 Å². The highest BCUT2D eigenvalue weighted by molar-refractivity contribution is 7.94. The van der Waals surface area contributed by atoms with E-state index >= 15 is 0 Å². The maximum Gasteiger partial charge on any atom is 0.271 e. The number of anilines is 2. The zero-order valence-corrected chi connectivity index (χ0v) is 12.8. The first-order valence-corrected chi connectivity index (χ1v) is 8.47. The van der Waals surface area contributed by atoms with Crippen molar-refractivity contribution in [2.75, 3.05) is 16.6 Å². The van der Waals surface area contributed by atoms with Gasteiger partial charge in [-0.25, -0.2) is 8.42 Å². The molecule has 0 saturated heterocycles. The minimum Gasteiger partial charge on any atom is -0.481 e. The summed E-state index contributed by atoms with van der Waals surface area (Å²) in [6.45, 7) is -0.0935. The lowest BCUT2D eigenvalue weighted by molar-refractivity contribution is -0.118. The number of fused-ring (bicyclic) bond motifs is 1. The van der Waals surface area contributed by atoms with Gasteiger partial charge in [-0.05, 0) is 24.3 Å². The van der Waals surface area contributed by atoms with Gasteiger partial charge < -0.3 is 10.1 Å². The van der Waals surface area contributed by atoms with Crippen molar-refractivity contribution in [3.05, 3.63) is 34.7 Å². The normalized spacial score (nSPS) is 14.0. The third-order valence-corrected chi connectivity index (χ3v) is 5.80. The van der Waals surface area contributed by atoms with E-state index in [0.717, 1.165) is 11.3 Å². The van der Waals surface area contributed by atoms with Crippen LogP contribution in [-0.4, -0.2) is 20.9 Å². The summed E-state index contributed by atoms with van der Waals surface area (Å²) in [5.74, 6) is 0.0762. The van der Waals surface area contributed by atoms with Crippen LogP contribution in [0.5, 0.6) is 5.75 Å². The van der Waals surface area contributed by atoms with Crippen LogP contribution in [0, 0.1) is 0 Å². The topological polar surface area (TPSA) is 84.5 Å². The quantitative estimate of drug-likeness (QED) is 0.896. The molecule has 1 aliphatic rings. The lowest BCUT2D eigenvalue weighted by Crippen LogP contribution is -2.26. The van der Waals surface area contributed by atoms with Crippen LogP contribution in [0.25, 0.3) is 0 Å². The van der Waals surface area contributed by atoms with Crippen LogP contribution < -0.4 is 14.8 Å². The summed E-state index contributed by atoms with van der Waals surface area (Å²) in [7, 11) is -3.77. The Hall–Kier alpha value is -1.77. The zero-order valence-electron chi connectivity index (χ0n) is 10.4. The molecule has 21 heavy (non-hydrogen) atoms. The molecule has 1 aromatic carbocycles. The molecule has 0 bridgehead atoms. The maximum absolute atomic E-state index is 12.3. The standard InChI is InChI=1S/C12H9ClN2O4S2/c13-9-4-5-11(20-9)21(17,18)15-7-2-1-3-8-12(7)14-10(16)6-19-8/h1-5,15H,6H2,(H,14,16). The number of halogens is 1. The number of carbonyl (C=O) groups is 1. The number of benzene rings is 1. The number of nitrogens with one attached hydrogen (secondary N) is 2. The first-order chi connectivity index (χ1) is 9.95. The Balaban J connectivity index is 1.97. The largest absolute Gasteiger partial charge is 0.481 e. The van der Waals surface area contributed by atoms with Gasteiger partial charge in [0, 0.05) is 0 Å². The third-order valence-electron chi connectivity index (χ3n) is 2.71. The van der Waals surface area contributed by atoms with E-state index in [4.69, 9.17) is 16.3 Å². The van der Waals surface area contributed by atoms with Crippen molar-refractivity contribution in [3.8, 4) is 5.75 Å². The van der Waals surface area contributed by atoms with Gasteiger partial charge in [-0.1, -0.05) is 17.7 Å². The van der Waals surface area contributed by atoms with Crippen molar-refractivity contribution in [2.24, 2.45) is 0 Å². The molecule has 3 rings (SSSR count). The van der Waals surface area contributed by atoms with E-state index in [1.807, 2.05) is 0 Å². The predicted octanol–water partition coefficient (Wildman–Crippen LogP) is 2.53. The number of hydrogen-bond donors (Lipinski definition) is 2. The first-order valence-electron chi connectivity index (χ1n) is 5.79. The van der Waals surface area contributed by atoms with Gasteiger partial charge in [-0.2, -0.15) is 0 Å². The Kier molecular flexibility index (Phi) is 3.52. The Morgan fingerprint density at radius 1 is 1.29 bits per heavy atom. The second-order valence-corrected chi connectivity index (χ2v) is 7.80. The number of carbonyl (C=O) groups excluding carboxylic acids is 1. The molecule has 0 aliphatic carbocycles. The molecule has 0 atom stereocenters. The molecule has 9 heteroatoms. The second-order valence-electron chi connectivity index (χ2n) is 4.18. The monoisotopic (exact) mass is 344 g/mol. The Bertz CT molecular complexity index is 816. The fourth-order valence-corrected chi connectivity index (χ4v) is 4.38. The van der Waals surface area contributed by atoms with Crippen molar-refractivity contribution in [2.45, 2.75) is 4.21 Å². The summed E-state index contributed by atoms with van der Waals surface area (Å²) in [6, 6.07) is 7.75. The molecule has 0 radical (unpaired) electrons. The van der Waals surface area contributed by atoms with Crippen LogP contribution in [0.4, 0.5) is 11.4 Å². The van der Waals surface area contributed by atoms with Gasteiger partial charge in [-0.15, -0.1) is 11.3 Å². The summed E-state index contributed by atoms with van der Waals surface area (Å²) in [5, 5.41) is 2.59. The fraction of sp³-hybridized carbons (Fsp3) is 0.0833. The molecule has 2 N–H and O–H groups in total. The average molecular weight is 345 g/mol. The number of ether oxygens (including phenoxy) is 1. The lowest BCUT2D eigenvalue weighted by atomic mass is 10.2. The number of para-hydroxylation sites is 1. The van der Waals surface area contributed by atoms with Crippen molar-refractivity contribution >= 4 is 50.2 Å². The molecule has 0 fully saturated rings. The minimum atomic E-state index is -3.77. The van der Waals surface area contributed by atoms with Gasteiger partial charge >= 0.3 is 0 Å². The number of hydrogen-bond acceptors (Lipinski definition) is 5. The Labute approximate surface area is 129 Å². The maximum atomic E-state index is 12.3. The van der Waals surface area contributed by atoms with Gasteiger partial charge in [0.1, 0.15) is 15.6 Å². The molecule has 2 aromatic rings. The van der Waals surface area contributed by atoms with Gasteiger partial charge in [0.2, 0.25) is 0 Å². The molecule has 1 aromatic heterocycles. The van der Waals surface area contributed by atoms with Crippen LogP contribution in [-0.2, 0) is 14.8 Å². The summed E-state index contributed by atoms with van der Waals surface area (Å²) >= 11 is 6.70. The summed E-state index contributed by atoms with van der Waals surface area (Å²) in [5.41, 5.74) is 0.546. The van der Waals surface area contributed by atoms with E-state index in [1.165, 1.54) is 12.1 Å². The van der Waals surface area contributed by atoms with E-state index in [2.05, 4.69) is 10.0 Å². The lowest BCUT2D eigenvalue weighted by Gasteiger charge is -2.20. The molecular formula is C12H9ClN2O4S2. The molecule has 0 spiro atoms. The fourth-order valence-electron chi connectivity index (χ4n) is 1.82. The van der Waals surface area contributed by atoms with E-state index < -0.39 is 10.0 Å². The van der Waals surface area contributed by atoms with Crippen molar-refractivity contribution in [3.63, 3.8) is 0 Å². The van der Waals surface area contributed by atoms with E-state index in [0.29, 0.717) is 15.8 Å². The molecular weight excluding hydrogens is 336 g/mol. The summed E-state index contributed by atoms with van der Waals surface area (Å²) in [4.78, 5) is 11.4. The second kappa shape index (κ2) is 5.21. The number of sulfonamides is 1. The summed E-state index contributed by atoms with van der Waals surface area (Å²) < 4.78 is 32.7. The Morgan fingerprint density at radius 3 is 2.81 bits per heavy atom. The molecule has 1 amide bonds. The van der Waals surface area contributed by atoms with Gasteiger partial charge in [0.15, 0.2) is 6.61 Å². The highest BCUT2D eigenvalue weighted by Gasteiger charge is 2.23. The van der Waals surface area contributed by atoms with Crippen molar-refractivity contribution in [1.29, 1.82) is 0 Å². The highest BCUT2D eigenvalue weighted by Crippen LogP contribution is 2.36. The van der Waals surface area contributed by atoms with Gasteiger partial charge in [0.05, 0.1) is 10.0 Å². The average Bonchev–Trinajstić information content (AvgIpc) is 2.87. The molecule has 0 saturated carbocycles. The van der Waals surface area contributed by atoms with Crippen LogP contribution in [0.2, 0.25) is 4.34 Å².